The highest BCUT2D eigenvalue weighted by atomic mass is 32.1. The SMILES string of the molecule is O=C(Nc1cc(-c2ccco2)[nH]n1)c1csc(C2CCNCC2)n1. The average molecular weight is 343 g/mol. The van der Waals surface area contributed by atoms with E-state index in [9.17, 15) is 4.79 Å². The molecule has 0 aromatic carbocycles. The zero-order valence-electron chi connectivity index (χ0n) is 12.9. The Labute approximate surface area is 142 Å². The number of hydrogen-bond donors (Lipinski definition) is 3. The fraction of sp³-hybridized carbons (Fsp3) is 0.312. The van der Waals surface area contributed by atoms with Gasteiger partial charge in [-0.05, 0) is 38.1 Å². The standard InChI is InChI=1S/C16H17N5O2S/c22-15(12-9-24-16(18-12)10-3-5-17-6-4-10)19-14-8-11(20-21-14)13-2-1-7-23-13/h1-2,7-10,17H,3-6H2,(H2,19,20,21,22). The second-order valence-corrected chi connectivity index (χ2v) is 6.58. The number of carbonyl (C=O) groups excluding carboxylic acids is 1. The van der Waals surface area contributed by atoms with E-state index in [1.54, 1.807) is 29.7 Å². The number of aromatic nitrogens is 3. The van der Waals surface area contributed by atoms with Crippen molar-refractivity contribution in [2.75, 3.05) is 18.4 Å². The van der Waals surface area contributed by atoms with Gasteiger partial charge in [0, 0.05) is 17.4 Å². The lowest BCUT2D eigenvalue weighted by atomic mass is 9.99. The lowest BCUT2D eigenvalue weighted by Gasteiger charge is -2.20. The lowest BCUT2D eigenvalue weighted by Crippen LogP contribution is -2.26. The zero-order chi connectivity index (χ0) is 16.4. The third kappa shape index (κ3) is 3.10. The van der Waals surface area contributed by atoms with Crippen LogP contribution in [-0.4, -0.2) is 34.2 Å². The van der Waals surface area contributed by atoms with Gasteiger partial charge in [-0.15, -0.1) is 11.3 Å². The molecule has 7 nitrogen and oxygen atoms in total. The largest absolute Gasteiger partial charge is 0.463 e. The molecule has 3 aromatic heterocycles. The van der Waals surface area contributed by atoms with E-state index in [0.717, 1.165) is 30.9 Å². The molecular formula is C16H17N5O2S. The van der Waals surface area contributed by atoms with Crippen LogP contribution < -0.4 is 10.6 Å². The molecule has 8 heteroatoms. The molecule has 1 saturated heterocycles. The molecule has 4 heterocycles. The molecule has 3 N–H and O–H groups in total. The van der Waals surface area contributed by atoms with E-state index >= 15 is 0 Å². The molecule has 0 saturated carbocycles. The smallest absolute Gasteiger partial charge is 0.276 e. The molecule has 0 atom stereocenters. The Bertz CT molecular complexity index is 817. The summed E-state index contributed by atoms with van der Waals surface area (Å²) in [5.41, 5.74) is 1.15. The van der Waals surface area contributed by atoms with Crippen LogP contribution in [0.15, 0.2) is 34.3 Å². The van der Waals surface area contributed by atoms with Crippen molar-refractivity contribution < 1.29 is 9.21 Å². The van der Waals surface area contributed by atoms with Crippen molar-refractivity contribution in [2.45, 2.75) is 18.8 Å². The molecule has 4 rings (SSSR count). The summed E-state index contributed by atoms with van der Waals surface area (Å²) in [5.74, 6) is 1.32. The number of H-pyrrole nitrogens is 1. The second kappa shape index (κ2) is 6.58. The van der Waals surface area contributed by atoms with Gasteiger partial charge in [0.1, 0.15) is 11.4 Å². The maximum absolute atomic E-state index is 12.3. The van der Waals surface area contributed by atoms with E-state index in [-0.39, 0.29) is 5.91 Å². The highest BCUT2D eigenvalue weighted by molar-refractivity contribution is 7.09. The number of amides is 1. The van der Waals surface area contributed by atoms with Gasteiger partial charge in [0.05, 0.1) is 11.3 Å². The summed E-state index contributed by atoms with van der Waals surface area (Å²) in [5, 5.41) is 15.9. The predicted molar refractivity (Wildman–Crippen MR) is 91.2 cm³/mol. The van der Waals surface area contributed by atoms with Crippen LogP contribution in [0.4, 0.5) is 5.82 Å². The summed E-state index contributed by atoms with van der Waals surface area (Å²) in [6.45, 7) is 2.02. The fourth-order valence-electron chi connectivity index (χ4n) is 2.77. The van der Waals surface area contributed by atoms with E-state index in [0.29, 0.717) is 28.9 Å². The fourth-order valence-corrected chi connectivity index (χ4v) is 3.74. The van der Waals surface area contributed by atoms with Crippen molar-refractivity contribution >= 4 is 23.1 Å². The van der Waals surface area contributed by atoms with Crippen LogP contribution in [0.1, 0.15) is 34.3 Å². The Morgan fingerprint density at radius 1 is 1.38 bits per heavy atom. The van der Waals surface area contributed by atoms with Crippen LogP contribution in [0, 0.1) is 0 Å². The van der Waals surface area contributed by atoms with E-state index in [1.165, 1.54) is 0 Å². The number of carbonyl (C=O) groups is 1. The molecule has 0 spiro atoms. The summed E-state index contributed by atoms with van der Waals surface area (Å²) in [7, 11) is 0. The third-order valence-electron chi connectivity index (χ3n) is 4.05. The minimum atomic E-state index is -0.246. The summed E-state index contributed by atoms with van der Waals surface area (Å²) < 4.78 is 5.29. The molecule has 1 aliphatic heterocycles. The molecular weight excluding hydrogens is 326 g/mol. The summed E-state index contributed by atoms with van der Waals surface area (Å²) in [6, 6.07) is 5.35. The minimum absolute atomic E-state index is 0.246. The number of thiazole rings is 1. The topological polar surface area (TPSA) is 95.8 Å². The van der Waals surface area contributed by atoms with Crippen molar-refractivity contribution in [3.8, 4) is 11.5 Å². The Morgan fingerprint density at radius 3 is 3.04 bits per heavy atom. The zero-order valence-corrected chi connectivity index (χ0v) is 13.7. The highest BCUT2D eigenvalue weighted by Crippen LogP contribution is 2.28. The van der Waals surface area contributed by atoms with Crippen molar-refractivity contribution in [1.29, 1.82) is 0 Å². The molecule has 1 amide bonds. The van der Waals surface area contributed by atoms with Gasteiger partial charge >= 0.3 is 0 Å². The molecule has 1 aliphatic rings. The van der Waals surface area contributed by atoms with Crippen LogP contribution in [0.5, 0.6) is 0 Å². The molecule has 24 heavy (non-hydrogen) atoms. The first kappa shape index (κ1) is 15.1. The molecule has 0 unspecified atom stereocenters. The van der Waals surface area contributed by atoms with Gasteiger partial charge in [0.25, 0.3) is 5.91 Å². The van der Waals surface area contributed by atoms with Gasteiger partial charge in [-0.25, -0.2) is 4.98 Å². The average Bonchev–Trinajstić information content (AvgIpc) is 3.36. The first-order chi connectivity index (χ1) is 11.8. The Kier molecular flexibility index (Phi) is 4.14. The second-order valence-electron chi connectivity index (χ2n) is 5.69. The maximum atomic E-state index is 12.3. The number of aromatic amines is 1. The number of piperidine rings is 1. The summed E-state index contributed by atoms with van der Waals surface area (Å²) in [6.07, 6.45) is 3.73. The summed E-state index contributed by atoms with van der Waals surface area (Å²) in [4.78, 5) is 16.9. The normalized spacial score (nSPS) is 15.5. The molecule has 124 valence electrons. The first-order valence-electron chi connectivity index (χ1n) is 7.86. The van der Waals surface area contributed by atoms with Crippen LogP contribution in [0.2, 0.25) is 0 Å². The van der Waals surface area contributed by atoms with Gasteiger partial charge < -0.3 is 15.1 Å². The number of anilines is 1. The first-order valence-corrected chi connectivity index (χ1v) is 8.74. The van der Waals surface area contributed by atoms with Gasteiger partial charge in [-0.2, -0.15) is 5.10 Å². The third-order valence-corrected chi connectivity index (χ3v) is 5.06. The van der Waals surface area contributed by atoms with Crippen molar-refractivity contribution in [1.82, 2.24) is 20.5 Å². The van der Waals surface area contributed by atoms with Crippen molar-refractivity contribution in [2.24, 2.45) is 0 Å². The van der Waals surface area contributed by atoms with Crippen molar-refractivity contribution in [3.05, 3.63) is 40.5 Å². The van der Waals surface area contributed by atoms with Crippen LogP contribution >= 0.6 is 11.3 Å². The molecule has 1 fully saturated rings. The number of nitrogens with zero attached hydrogens (tertiary/aromatic N) is 2. The minimum Gasteiger partial charge on any atom is -0.463 e. The lowest BCUT2D eigenvalue weighted by molar-refractivity contribution is 0.102. The Balaban J connectivity index is 1.44. The molecule has 0 bridgehead atoms. The van der Waals surface area contributed by atoms with E-state index < -0.39 is 0 Å². The monoisotopic (exact) mass is 343 g/mol. The van der Waals surface area contributed by atoms with Gasteiger partial charge in [-0.1, -0.05) is 0 Å². The van der Waals surface area contributed by atoms with E-state index in [2.05, 4.69) is 25.8 Å². The van der Waals surface area contributed by atoms with Crippen molar-refractivity contribution in [3.63, 3.8) is 0 Å². The van der Waals surface area contributed by atoms with Gasteiger partial charge in [0.15, 0.2) is 11.6 Å². The highest BCUT2D eigenvalue weighted by Gasteiger charge is 2.20. The number of rotatable bonds is 4. The molecule has 3 aromatic rings. The molecule has 0 radical (unpaired) electrons. The van der Waals surface area contributed by atoms with Crippen LogP contribution in [0.3, 0.4) is 0 Å². The van der Waals surface area contributed by atoms with Gasteiger partial charge in [-0.3, -0.25) is 9.89 Å². The summed E-state index contributed by atoms with van der Waals surface area (Å²) >= 11 is 1.56. The van der Waals surface area contributed by atoms with Crippen LogP contribution in [0.25, 0.3) is 11.5 Å². The number of nitrogens with one attached hydrogen (secondary N) is 3. The predicted octanol–water partition coefficient (Wildman–Crippen LogP) is 2.85. The number of hydrogen-bond acceptors (Lipinski definition) is 6. The van der Waals surface area contributed by atoms with E-state index in [1.807, 2.05) is 11.4 Å². The molecule has 0 aliphatic carbocycles. The quantitative estimate of drug-likeness (QED) is 0.677. The van der Waals surface area contributed by atoms with Crippen LogP contribution in [-0.2, 0) is 0 Å². The van der Waals surface area contributed by atoms with Gasteiger partial charge in [0.2, 0.25) is 0 Å². The Hall–Kier alpha value is -2.45. The maximum Gasteiger partial charge on any atom is 0.276 e. The van der Waals surface area contributed by atoms with E-state index in [4.69, 9.17) is 4.42 Å². The number of furan rings is 1. The Morgan fingerprint density at radius 2 is 2.25 bits per heavy atom.